The molecule has 2 atom stereocenters. The zero-order valence-electron chi connectivity index (χ0n) is 8.18. The third kappa shape index (κ3) is 2.17. The Labute approximate surface area is 69.2 Å². The van der Waals surface area contributed by atoms with Crippen LogP contribution < -0.4 is 0 Å². The summed E-state index contributed by atoms with van der Waals surface area (Å²) >= 11 is 0. The number of hydrogen-bond donors (Lipinski definition) is 2. The summed E-state index contributed by atoms with van der Waals surface area (Å²) in [6.07, 6.45) is -0.0490. The Morgan fingerprint density at radius 2 is 1.55 bits per heavy atom. The van der Waals surface area contributed by atoms with Crippen molar-refractivity contribution in [3.05, 3.63) is 0 Å². The van der Waals surface area contributed by atoms with Gasteiger partial charge in [0.1, 0.15) is 0 Å². The molecule has 2 N–H and O–H groups in total. The van der Waals surface area contributed by atoms with Crippen molar-refractivity contribution in [2.45, 2.75) is 52.7 Å². The first-order valence-corrected chi connectivity index (χ1v) is 4.14. The fourth-order valence-corrected chi connectivity index (χ4v) is 0.897. The summed E-state index contributed by atoms with van der Waals surface area (Å²) in [7, 11) is 0. The third-order valence-electron chi connectivity index (χ3n) is 2.55. The van der Waals surface area contributed by atoms with Crippen LogP contribution in [-0.4, -0.2) is 21.9 Å². The lowest BCUT2D eigenvalue weighted by molar-refractivity contribution is -0.129. The van der Waals surface area contributed by atoms with E-state index in [0.29, 0.717) is 6.42 Å². The molecular weight excluding hydrogens is 140 g/mol. The number of aliphatic hydroxyl groups is 2. The molecule has 68 valence electrons. The average molecular weight is 160 g/mol. The zero-order chi connectivity index (χ0) is 9.28. The SMILES string of the molecule is CC[C@@H](O)[C@@](C)(O)C(C)(C)C. The topological polar surface area (TPSA) is 40.5 Å². The molecule has 0 radical (unpaired) electrons. The largest absolute Gasteiger partial charge is 0.390 e. The van der Waals surface area contributed by atoms with Crippen molar-refractivity contribution in [1.29, 1.82) is 0 Å². The normalized spacial score (nSPS) is 21.0. The van der Waals surface area contributed by atoms with Gasteiger partial charge in [0.2, 0.25) is 0 Å². The van der Waals surface area contributed by atoms with Gasteiger partial charge in [-0.2, -0.15) is 0 Å². The molecule has 2 nitrogen and oxygen atoms in total. The Morgan fingerprint density at radius 1 is 1.18 bits per heavy atom. The molecule has 0 heterocycles. The Kier molecular flexibility index (Phi) is 3.09. The minimum absolute atomic E-state index is 0.275. The molecule has 0 amide bonds. The van der Waals surface area contributed by atoms with Gasteiger partial charge in [-0.3, -0.25) is 0 Å². The predicted octanol–water partition coefficient (Wildman–Crippen LogP) is 1.55. The molecule has 11 heavy (non-hydrogen) atoms. The summed E-state index contributed by atoms with van der Waals surface area (Å²) in [6, 6.07) is 0. The van der Waals surface area contributed by atoms with Crippen molar-refractivity contribution in [3.63, 3.8) is 0 Å². The molecule has 0 unspecified atom stereocenters. The highest BCUT2D eigenvalue weighted by atomic mass is 16.3. The Morgan fingerprint density at radius 3 is 1.64 bits per heavy atom. The molecule has 0 saturated heterocycles. The molecule has 0 aromatic heterocycles. The van der Waals surface area contributed by atoms with Gasteiger partial charge < -0.3 is 10.2 Å². The van der Waals surface area contributed by atoms with Crippen molar-refractivity contribution in [2.24, 2.45) is 5.41 Å². The lowest BCUT2D eigenvalue weighted by Crippen LogP contribution is -2.49. The van der Waals surface area contributed by atoms with Gasteiger partial charge in [-0.25, -0.2) is 0 Å². The molecular formula is C9H20O2. The van der Waals surface area contributed by atoms with E-state index in [-0.39, 0.29) is 5.41 Å². The molecule has 0 aromatic rings. The lowest BCUT2D eigenvalue weighted by atomic mass is 9.74. The number of rotatable bonds is 2. The van der Waals surface area contributed by atoms with E-state index in [2.05, 4.69) is 0 Å². The summed E-state index contributed by atoms with van der Waals surface area (Å²) in [5, 5.41) is 19.3. The van der Waals surface area contributed by atoms with Crippen LogP contribution >= 0.6 is 0 Å². The van der Waals surface area contributed by atoms with Gasteiger partial charge >= 0.3 is 0 Å². The van der Waals surface area contributed by atoms with Gasteiger partial charge in [-0.15, -0.1) is 0 Å². The third-order valence-corrected chi connectivity index (χ3v) is 2.55. The molecule has 0 spiro atoms. The van der Waals surface area contributed by atoms with Gasteiger partial charge in [0.25, 0.3) is 0 Å². The van der Waals surface area contributed by atoms with Crippen LogP contribution in [-0.2, 0) is 0 Å². The maximum absolute atomic E-state index is 9.87. The van der Waals surface area contributed by atoms with Crippen LogP contribution in [0, 0.1) is 5.41 Å². The van der Waals surface area contributed by atoms with Crippen LogP contribution in [0.5, 0.6) is 0 Å². The van der Waals surface area contributed by atoms with Crippen molar-refractivity contribution in [2.75, 3.05) is 0 Å². The van der Waals surface area contributed by atoms with Crippen LogP contribution in [0.3, 0.4) is 0 Å². The van der Waals surface area contributed by atoms with Crippen molar-refractivity contribution < 1.29 is 10.2 Å². The average Bonchev–Trinajstić information content (AvgIpc) is 1.83. The van der Waals surface area contributed by atoms with Crippen molar-refractivity contribution in [1.82, 2.24) is 0 Å². The fourth-order valence-electron chi connectivity index (χ4n) is 0.897. The van der Waals surface area contributed by atoms with Crippen molar-refractivity contribution >= 4 is 0 Å². The molecule has 0 aliphatic rings. The highest BCUT2D eigenvalue weighted by Crippen LogP contribution is 2.33. The maximum atomic E-state index is 9.87. The van der Waals surface area contributed by atoms with Crippen LogP contribution in [0.25, 0.3) is 0 Å². The highest BCUT2D eigenvalue weighted by Gasteiger charge is 2.40. The predicted molar refractivity (Wildman–Crippen MR) is 46.4 cm³/mol. The molecule has 0 saturated carbocycles. The number of aliphatic hydroxyl groups excluding tert-OH is 1. The van der Waals surface area contributed by atoms with E-state index < -0.39 is 11.7 Å². The van der Waals surface area contributed by atoms with Crippen LogP contribution in [0.1, 0.15) is 41.0 Å². The monoisotopic (exact) mass is 160 g/mol. The number of hydrogen-bond acceptors (Lipinski definition) is 2. The molecule has 2 heteroatoms. The second-order valence-electron chi connectivity index (χ2n) is 4.32. The van der Waals surface area contributed by atoms with Gasteiger partial charge in [0, 0.05) is 0 Å². The fraction of sp³-hybridized carbons (Fsp3) is 1.00. The van der Waals surface area contributed by atoms with E-state index in [9.17, 15) is 10.2 Å². The Balaban J connectivity index is 4.45. The van der Waals surface area contributed by atoms with E-state index in [0.717, 1.165) is 0 Å². The first-order chi connectivity index (χ1) is 4.73. The molecule has 0 aliphatic carbocycles. The van der Waals surface area contributed by atoms with E-state index in [1.165, 1.54) is 0 Å². The van der Waals surface area contributed by atoms with Crippen LogP contribution in [0.15, 0.2) is 0 Å². The van der Waals surface area contributed by atoms with E-state index in [4.69, 9.17) is 0 Å². The summed E-state index contributed by atoms with van der Waals surface area (Å²) in [5.41, 5.74) is -1.27. The summed E-state index contributed by atoms with van der Waals surface area (Å²) < 4.78 is 0. The van der Waals surface area contributed by atoms with Crippen LogP contribution in [0.2, 0.25) is 0 Å². The Bertz CT molecular complexity index is 122. The molecule has 0 rings (SSSR count). The first-order valence-electron chi connectivity index (χ1n) is 4.14. The lowest BCUT2D eigenvalue weighted by Gasteiger charge is -2.40. The van der Waals surface area contributed by atoms with E-state index >= 15 is 0 Å². The quantitative estimate of drug-likeness (QED) is 0.643. The van der Waals surface area contributed by atoms with Crippen molar-refractivity contribution in [3.8, 4) is 0 Å². The van der Waals surface area contributed by atoms with Gasteiger partial charge in [0.05, 0.1) is 11.7 Å². The molecule has 0 fully saturated rings. The molecule has 0 bridgehead atoms. The summed E-state index contributed by atoms with van der Waals surface area (Å²) in [4.78, 5) is 0. The standard InChI is InChI=1S/C9H20O2/c1-6-7(10)9(5,11)8(2,3)4/h7,10-11H,6H2,1-5H3/t7-,9-/m1/s1. The molecule has 0 aliphatic heterocycles. The van der Waals surface area contributed by atoms with E-state index in [1.54, 1.807) is 6.92 Å². The van der Waals surface area contributed by atoms with Gasteiger partial charge in [-0.05, 0) is 18.8 Å². The van der Waals surface area contributed by atoms with Gasteiger partial charge in [0.15, 0.2) is 0 Å². The molecule has 0 aromatic carbocycles. The second-order valence-corrected chi connectivity index (χ2v) is 4.32. The first kappa shape index (κ1) is 10.9. The Hall–Kier alpha value is -0.0800. The summed E-state index contributed by atoms with van der Waals surface area (Å²) in [5.74, 6) is 0. The van der Waals surface area contributed by atoms with E-state index in [1.807, 2.05) is 27.7 Å². The highest BCUT2D eigenvalue weighted by molar-refractivity contribution is 4.91. The minimum atomic E-state index is -0.998. The zero-order valence-corrected chi connectivity index (χ0v) is 8.18. The van der Waals surface area contributed by atoms with Crippen LogP contribution in [0.4, 0.5) is 0 Å². The van der Waals surface area contributed by atoms with Gasteiger partial charge in [-0.1, -0.05) is 27.7 Å². The second kappa shape index (κ2) is 3.11. The maximum Gasteiger partial charge on any atom is 0.0925 e. The smallest absolute Gasteiger partial charge is 0.0925 e. The summed E-state index contributed by atoms with van der Waals surface area (Å²) in [6.45, 7) is 9.32. The minimum Gasteiger partial charge on any atom is -0.390 e.